The van der Waals surface area contributed by atoms with Crippen molar-refractivity contribution in [2.75, 3.05) is 41.2 Å². The van der Waals surface area contributed by atoms with Gasteiger partial charge in [0.2, 0.25) is 0 Å². The Labute approximate surface area is 251 Å². The summed E-state index contributed by atoms with van der Waals surface area (Å²) in [5.74, 6) is -1.36. The SMILES string of the molecule is COc1c(O)c2c(=O)cc(OC)c3c4c(OC)cc(=O)c5c(O)c(CCCOCCO)c6c(c(c1C(C(C)=O)C(C)=C6)c23)c54. The second-order valence-electron chi connectivity index (χ2n) is 11.1. The molecule has 0 spiro atoms. The number of phenolic OH excluding ortho intramolecular Hbond substituents is 2. The van der Waals surface area contributed by atoms with E-state index < -0.39 is 22.5 Å². The van der Waals surface area contributed by atoms with Crippen molar-refractivity contribution in [3.63, 3.8) is 0 Å². The van der Waals surface area contributed by atoms with Crippen LogP contribution >= 0.6 is 0 Å². The standard InChI is InChI=1S/C34H32O10/c1-14-11-17-16(7-6-9-44-10-8-35)32(39)24-18(37)12-20(41-3)26-27-21(42-4)13-19(38)25-30(27)29(23(17)28(24)26)31(22(14)15(2)36)34(43-5)33(25)40/h11-13,22,35,39-40H,6-10H2,1-5H3. The smallest absolute Gasteiger partial charge is 0.194 e. The zero-order chi connectivity index (χ0) is 31.6. The maximum atomic E-state index is 13.8. The van der Waals surface area contributed by atoms with Gasteiger partial charge >= 0.3 is 0 Å². The fourth-order valence-electron chi connectivity index (χ4n) is 7.11. The van der Waals surface area contributed by atoms with Crippen LogP contribution in [0.4, 0.5) is 0 Å². The molecule has 0 heterocycles. The zero-order valence-corrected chi connectivity index (χ0v) is 25.0. The number of rotatable bonds is 10. The van der Waals surface area contributed by atoms with Crippen molar-refractivity contribution in [3.05, 3.63) is 54.8 Å². The number of aliphatic hydroxyl groups is 1. The molecular weight excluding hydrogens is 568 g/mol. The van der Waals surface area contributed by atoms with Crippen molar-refractivity contribution in [3.8, 4) is 28.7 Å². The first-order valence-corrected chi connectivity index (χ1v) is 14.2. The van der Waals surface area contributed by atoms with E-state index in [-0.39, 0.29) is 52.8 Å². The Hall–Kier alpha value is -4.67. The van der Waals surface area contributed by atoms with Crippen molar-refractivity contribution in [1.82, 2.24) is 0 Å². The van der Waals surface area contributed by atoms with Gasteiger partial charge in [-0.1, -0.05) is 11.6 Å². The molecule has 5 aromatic carbocycles. The largest absolute Gasteiger partial charge is 0.507 e. The molecule has 0 fully saturated rings. The second kappa shape index (κ2) is 10.8. The Morgan fingerprint density at radius 3 is 1.93 bits per heavy atom. The van der Waals surface area contributed by atoms with Crippen molar-refractivity contribution in [2.45, 2.75) is 32.6 Å². The zero-order valence-electron chi connectivity index (χ0n) is 25.0. The van der Waals surface area contributed by atoms with E-state index in [1.165, 1.54) is 40.4 Å². The van der Waals surface area contributed by atoms with Gasteiger partial charge < -0.3 is 34.3 Å². The van der Waals surface area contributed by atoms with E-state index in [1.54, 1.807) is 6.92 Å². The summed E-state index contributed by atoms with van der Waals surface area (Å²) in [5.41, 5.74) is 1.02. The normalized spacial score (nSPS) is 14.6. The third-order valence-corrected chi connectivity index (χ3v) is 8.71. The highest BCUT2D eigenvalue weighted by molar-refractivity contribution is 6.39. The number of benzene rings is 5. The predicted molar refractivity (Wildman–Crippen MR) is 168 cm³/mol. The third-order valence-electron chi connectivity index (χ3n) is 8.71. The van der Waals surface area contributed by atoms with Crippen LogP contribution in [0.1, 0.15) is 42.9 Å². The van der Waals surface area contributed by atoms with Crippen LogP contribution in [0.2, 0.25) is 0 Å². The van der Waals surface area contributed by atoms with Gasteiger partial charge in [0.05, 0.1) is 51.2 Å². The van der Waals surface area contributed by atoms with Crippen LogP contribution in [0.15, 0.2) is 27.3 Å². The Morgan fingerprint density at radius 1 is 0.795 bits per heavy atom. The van der Waals surface area contributed by atoms with Crippen molar-refractivity contribution in [1.29, 1.82) is 0 Å². The van der Waals surface area contributed by atoms with Crippen LogP contribution in [-0.4, -0.2) is 62.3 Å². The van der Waals surface area contributed by atoms with E-state index >= 15 is 0 Å². The average Bonchev–Trinajstić information content (AvgIpc) is 3.12. The number of hydrogen-bond donors (Lipinski definition) is 3. The van der Waals surface area contributed by atoms with Crippen LogP contribution in [0, 0.1) is 0 Å². The summed E-state index contributed by atoms with van der Waals surface area (Å²) in [6, 6.07) is 2.55. The molecule has 10 heteroatoms. The highest BCUT2D eigenvalue weighted by Crippen LogP contribution is 2.57. The molecule has 5 aromatic rings. The molecule has 0 aromatic heterocycles. The highest BCUT2D eigenvalue weighted by Gasteiger charge is 2.37. The van der Waals surface area contributed by atoms with Gasteiger partial charge in [-0.15, -0.1) is 0 Å². The fourth-order valence-corrected chi connectivity index (χ4v) is 7.11. The number of carbonyl (C=O) groups is 1. The van der Waals surface area contributed by atoms with Gasteiger partial charge in [0, 0.05) is 51.4 Å². The van der Waals surface area contributed by atoms with Gasteiger partial charge in [-0.05, 0) is 43.0 Å². The lowest BCUT2D eigenvalue weighted by Crippen LogP contribution is -2.14. The van der Waals surface area contributed by atoms with Crippen LogP contribution < -0.4 is 25.1 Å². The van der Waals surface area contributed by atoms with Crippen molar-refractivity contribution in [2.24, 2.45) is 0 Å². The molecule has 0 aliphatic heterocycles. The van der Waals surface area contributed by atoms with Gasteiger partial charge in [0.25, 0.3) is 0 Å². The molecule has 10 nitrogen and oxygen atoms in total. The first-order valence-electron chi connectivity index (χ1n) is 14.2. The first kappa shape index (κ1) is 29.4. The molecule has 1 atom stereocenters. The molecule has 228 valence electrons. The predicted octanol–water partition coefficient (Wildman–Crippen LogP) is 4.36. The molecule has 44 heavy (non-hydrogen) atoms. The number of allylic oxidation sites excluding steroid dienone is 1. The lowest BCUT2D eigenvalue weighted by molar-refractivity contribution is -0.117. The Kier molecular flexibility index (Phi) is 7.22. The highest BCUT2D eigenvalue weighted by atomic mass is 16.5. The fraction of sp³-hybridized carbons (Fsp3) is 0.324. The van der Waals surface area contributed by atoms with Crippen LogP contribution in [-0.2, 0) is 16.0 Å². The van der Waals surface area contributed by atoms with Gasteiger partial charge in [-0.2, -0.15) is 0 Å². The lowest BCUT2D eigenvalue weighted by Gasteiger charge is -2.25. The number of aliphatic hydroxyl groups excluding tert-OH is 1. The molecule has 0 saturated heterocycles. The summed E-state index contributed by atoms with van der Waals surface area (Å²) in [6.07, 6.45) is 2.59. The van der Waals surface area contributed by atoms with E-state index in [9.17, 15) is 24.6 Å². The number of fused-ring (bicyclic) bond motifs is 1. The van der Waals surface area contributed by atoms with Gasteiger partial charge in [0.1, 0.15) is 23.0 Å². The monoisotopic (exact) mass is 600 g/mol. The number of hydrogen-bond acceptors (Lipinski definition) is 10. The topological polar surface area (TPSA) is 149 Å². The van der Waals surface area contributed by atoms with Crippen LogP contribution in [0.25, 0.3) is 49.2 Å². The minimum Gasteiger partial charge on any atom is -0.507 e. The number of aromatic hydroxyl groups is 2. The minimum absolute atomic E-state index is 0.0182. The van der Waals surface area contributed by atoms with E-state index in [0.29, 0.717) is 74.0 Å². The number of phenols is 2. The number of ketones is 1. The molecule has 1 aliphatic rings. The summed E-state index contributed by atoms with van der Waals surface area (Å²) < 4.78 is 22.7. The van der Waals surface area contributed by atoms with Gasteiger partial charge in [-0.25, -0.2) is 0 Å². The van der Waals surface area contributed by atoms with E-state index in [1.807, 2.05) is 6.08 Å². The minimum atomic E-state index is -0.881. The summed E-state index contributed by atoms with van der Waals surface area (Å²) in [5, 5.41) is 35.1. The summed E-state index contributed by atoms with van der Waals surface area (Å²) in [4.78, 5) is 40.8. The Bertz CT molecular complexity index is 2150. The summed E-state index contributed by atoms with van der Waals surface area (Å²) >= 11 is 0. The maximum Gasteiger partial charge on any atom is 0.194 e. The lowest BCUT2D eigenvalue weighted by atomic mass is 9.80. The molecule has 1 unspecified atom stereocenters. The Balaban J connectivity index is 2.00. The summed E-state index contributed by atoms with van der Waals surface area (Å²) in [6.45, 7) is 3.57. The van der Waals surface area contributed by atoms with E-state index in [4.69, 9.17) is 24.1 Å². The molecule has 0 bridgehead atoms. The van der Waals surface area contributed by atoms with Gasteiger partial charge in [0.15, 0.2) is 22.4 Å². The van der Waals surface area contributed by atoms with Crippen molar-refractivity contribution >= 4 is 54.9 Å². The molecule has 3 N–H and O–H groups in total. The van der Waals surface area contributed by atoms with Crippen LogP contribution in [0.3, 0.4) is 0 Å². The quantitative estimate of drug-likeness (QED) is 0.120. The van der Waals surface area contributed by atoms with E-state index in [0.717, 1.165) is 0 Å². The third kappa shape index (κ3) is 3.90. The maximum absolute atomic E-state index is 13.8. The second-order valence-corrected chi connectivity index (χ2v) is 11.1. The molecule has 1 aliphatic carbocycles. The molecular formula is C34H32O10. The molecule has 0 saturated carbocycles. The average molecular weight is 601 g/mol. The van der Waals surface area contributed by atoms with Crippen molar-refractivity contribution < 1.29 is 39.1 Å². The molecule has 0 radical (unpaired) electrons. The molecule has 0 amide bonds. The Morgan fingerprint density at radius 2 is 1.39 bits per heavy atom. The van der Waals surface area contributed by atoms with Gasteiger partial charge in [-0.3, -0.25) is 14.4 Å². The summed E-state index contributed by atoms with van der Waals surface area (Å²) in [7, 11) is 4.19. The number of methoxy groups -OCH3 is 3. The first-order chi connectivity index (χ1) is 21.1. The van der Waals surface area contributed by atoms with E-state index in [2.05, 4.69) is 0 Å². The van der Waals surface area contributed by atoms with Crippen LogP contribution in [0.5, 0.6) is 28.7 Å². The number of Topliss-reactive ketones (excluding diaryl/α,β-unsaturated/α-hetero) is 1. The number of carbonyl (C=O) groups excluding carboxylic acids is 1. The number of ether oxygens (including phenoxy) is 4. The molecule has 6 rings (SSSR count).